The minimum Gasteiger partial charge on any atom is -0.377 e. The number of hydrogen-bond donors (Lipinski definition) is 1. The van der Waals surface area contributed by atoms with E-state index in [2.05, 4.69) is 53.5 Å². The zero-order valence-electron chi connectivity index (χ0n) is 14.9. The van der Waals surface area contributed by atoms with Crippen molar-refractivity contribution in [1.29, 1.82) is 0 Å². The number of aromatic nitrogens is 4. The molecule has 4 rings (SSSR count). The maximum Gasteiger partial charge on any atom is 0.176 e. The molecule has 1 aliphatic heterocycles. The Morgan fingerprint density at radius 1 is 1.24 bits per heavy atom. The van der Waals surface area contributed by atoms with E-state index in [4.69, 9.17) is 9.72 Å². The van der Waals surface area contributed by atoms with E-state index in [0.29, 0.717) is 12.6 Å². The first kappa shape index (κ1) is 16.0. The van der Waals surface area contributed by atoms with Crippen LogP contribution in [0.2, 0.25) is 0 Å². The summed E-state index contributed by atoms with van der Waals surface area (Å²) in [6, 6.07) is 8.86. The lowest BCUT2D eigenvalue weighted by atomic mass is 10.1. The van der Waals surface area contributed by atoms with E-state index in [1.54, 1.807) is 7.11 Å². The van der Waals surface area contributed by atoms with E-state index in [9.17, 15) is 0 Å². The fraction of sp³-hybridized carbons (Fsp3) is 0.421. The van der Waals surface area contributed by atoms with Crippen molar-refractivity contribution in [3.63, 3.8) is 0 Å². The molecule has 3 heterocycles. The predicted octanol–water partition coefficient (Wildman–Crippen LogP) is 3.02. The number of rotatable bonds is 4. The van der Waals surface area contributed by atoms with Gasteiger partial charge in [-0.1, -0.05) is 12.1 Å². The lowest BCUT2D eigenvalue weighted by molar-refractivity contribution is 0.177. The van der Waals surface area contributed by atoms with Crippen LogP contribution in [0.4, 0.5) is 5.82 Å². The Hall–Kier alpha value is -2.47. The molecule has 0 aliphatic carbocycles. The molecular formula is C19H23N5O. The second kappa shape index (κ2) is 6.44. The third-order valence-electron chi connectivity index (χ3n) is 4.70. The molecule has 0 amide bonds. The average molecular weight is 337 g/mol. The molecule has 0 spiro atoms. The van der Waals surface area contributed by atoms with Crippen LogP contribution in [0, 0.1) is 13.8 Å². The molecular weight excluding hydrogens is 314 g/mol. The third-order valence-corrected chi connectivity index (χ3v) is 4.70. The number of ether oxygens (including phenoxy) is 1. The van der Waals surface area contributed by atoms with Gasteiger partial charge in [0.15, 0.2) is 5.82 Å². The Labute approximate surface area is 147 Å². The van der Waals surface area contributed by atoms with Gasteiger partial charge in [0.25, 0.3) is 0 Å². The zero-order valence-corrected chi connectivity index (χ0v) is 14.9. The quantitative estimate of drug-likeness (QED) is 0.793. The number of methoxy groups -OCH3 is 1. The average Bonchev–Trinajstić information content (AvgIpc) is 2.96. The van der Waals surface area contributed by atoms with Gasteiger partial charge in [0.2, 0.25) is 0 Å². The van der Waals surface area contributed by atoms with Gasteiger partial charge in [-0.05, 0) is 43.5 Å². The van der Waals surface area contributed by atoms with Crippen molar-refractivity contribution in [2.75, 3.05) is 12.4 Å². The van der Waals surface area contributed by atoms with E-state index < -0.39 is 0 Å². The van der Waals surface area contributed by atoms with E-state index in [-0.39, 0.29) is 0 Å². The van der Waals surface area contributed by atoms with Crippen LogP contribution in [-0.2, 0) is 24.3 Å². The van der Waals surface area contributed by atoms with E-state index in [0.717, 1.165) is 42.4 Å². The SMILES string of the molecule is COCc1nc2n(n1)CC(Nc1cc(C)c3ccc(C)cc3n1)CC2. The van der Waals surface area contributed by atoms with Gasteiger partial charge >= 0.3 is 0 Å². The summed E-state index contributed by atoms with van der Waals surface area (Å²) in [5.41, 5.74) is 3.52. The number of anilines is 1. The van der Waals surface area contributed by atoms with E-state index in [1.807, 2.05) is 4.68 Å². The van der Waals surface area contributed by atoms with Crippen LogP contribution >= 0.6 is 0 Å². The van der Waals surface area contributed by atoms with Crippen molar-refractivity contribution in [1.82, 2.24) is 19.7 Å². The smallest absolute Gasteiger partial charge is 0.176 e. The van der Waals surface area contributed by atoms with Gasteiger partial charge in [0, 0.05) is 25.0 Å². The molecule has 1 aliphatic rings. The van der Waals surface area contributed by atoms with Gasteiger partial charge in [0.1, 0.15) is 18.2 Å². The molecule has 1 atom stereocenters. The van der Waals surface area contributed by atoms with Crippen LogP contribution in [0.3, 0.4) is 0 Å². The standard InChI is InChI=1S/C19H23N5O/c1-12-4-6-15-13(2)9-17(21-16(15)8-12)20-14-5-7-19-22-18(11-25-3)23-24(19)10-14/h4,6,8-9,14H,5,7,10-11H2,1-3H3,(H,20,21). The van der Waals surface area contributed by atoms with Gasteiger partial charge in [-0.3, -0.25) is 0 Å². The van der Waals surface area contributed by atoms with Crippen LogP contribution < -0.4 is 5.32 Å². The molecule has 1 N–H and O–H groups in total. The first-order valence-corrected chi connectivity index (χ1v) is 8.68. The molecule has 1 aromatic carbocycles. The Morgan fingerprint density at radius 3 is 2.96 bits per heavy atom. The molecule has 0 fully saturated rings. The number of hydrogen-bond acceptors (Lipinski definition) is 5. The molecule has 0 saturated heterocycles. The van der Waals surface area contributed by atoms with Crippen molar-refractivity contribution in [3.05, 3.63) is 47.0 Å². The summed E-state index contributed by atoms with van der Waals surface area (Å²) in [5.74, 6) is 2.73. The molecule has 6 heteroatoms. The molecule has 0 radical (unpaired) electrons. The lowest BCUT2D eigenvalue weighted by Crippen LogP contribution is -2.32. The van der Waals surface area contributed by atoms with Crippen LogP contribution in [0.25, 0.3) is 10.9 Å². The molecule has 0 bridgehead atoms. The maximum atomic E-state index is 5.13. The molecule has 1 unspecified atom stereocenters. The van der Waals surface area contributed by atoms with Crippen LogP contribution in [0.15, 0.2) is 24.3 Å². The fourth-order valence-corrected chi connectivity index (χ4v) is 3.46. The second-order valence-corrected chi connectivity index (χ2v) is 6.78. The van der Waals surface area contributed by atoms with Crippen LogP contribution in [0.1, 0.15) is 29.2 Å². The van der Waals surface area contributed by atoms with E-state index in [1.165, 1.54) is 16.5 Å². The van der Waals surface area contributed by atoms with Gasteiger partial charge in [-0.25, -0.2) is 14.6 Å². The molecule has 3 aromatic rings. The number of nitrogens with one attached hydrogen (secondary N) is 1. The first-order valence-electron chi connectivity index (χ1n) is 8.68. The Kier molecular flexibility index (Phi) is 4.13. The van der Waals surface area contributed by atoms with Crippen molar-refractivity contribution < 1.29 is 4.74 Å². The van der Waals surface area contributed by atoms with Gasteiger partial charge < -0.3 is 10.1 Å². The fourth-order valence-electron chi connectivity index (χ4n) is 3.46. The highest BCUT2D eigenvalue weighted by Crippen LogP contribution is 2.23. The molecule has 6 nitrogen and oxygen atoms in total. The number of aryl methyl sites for hydroxylation is 3. The molecule has 130 valence electrons. The summed E-state index contributed by atoms with van der Waals surface area (Å²) in [6.07, 6.45) is 1.94. The largest absolute Gasteiger partial charge is 0.377 e. The summed E-state index contributed by atoms with van der Waals surface area (Å²) in [7, 11) is 1.67. The summed E-state index contributed by atoms with van der Waals surface area (Å²) in [5, 5.41) is 9.33. The topological polar surface area (TPSA) is 64.9 Å². The minimum absolute atomic E-state index is 0.304. The number of nitrogens with zero attached hydrogens (tertiary/aromatic N) is 4. The molecule has 2 aromatic heterocycles. The van der Waals surface area contributed by atoms with Crippen molar-refractivity contribution in [2.24, 2.45) is 0 Å². The van der Waals surface area contributed by atoms with Gasteiger partial charge in [0.05, 0.1) is 12.1 Å². The minimum atomic E-state index is 0.304. The molecule has 25 heavy (non-hydrogen) atoms. The lowest BCUT2D eigenvalue weighted by Gasteiger charge is -2.24. The summed E-state index contributed by atoms with van der Waals surface area (Å²) < 4.78 is 7.12. The Morgan fingerprint density at radius 2 is 2.12 bits per heavy atom. The number of fused-ring (bicyclic) bond motifs is 2. The summed E-state index contributed by atoms with van der Waals surface area (Å²) in [4.78, 5) is 9.34. The van der Waals surface area contributed by atoms with Crippen molar-refractivity contribution in [3.8, 4) is 0 Å². The van der Waals surface area contributed by atoms with Gasteiger partial charge in [-0.2, -0.15) is 5.10 Å². The van der Waals surface area contributed by atoms with Crippen molar-refractivity contribution >= 4 is 16.7 Å². The summed E-state index contributed by atoms with van der Waals surface area (Å²) >= 11 is 0. The number of benzene rings is 1. The number of pyridine rings is 1. The van der Waals surface area contributed by atoms with Crippen LogP contribution in [-0.4, -0.2) is 32.9 Å². The third kappa shape index (κ3) is 3.22. The monoisotopic (exact) mass is 337 g/mol. The predicted molar refractivity (Wildman–Crippen MR) is 97.7 cm³/mol. The Bertz CT molecular complexity index is 918. The molecule has 0 saturated carbocycles. The summed E-state index contributed by atoms with van der Waals surface area (Å²) in [6.45, 7) is 5.50. The van der Waals surface area contributed by atoms with E-state index >= 15 is 0 Å². The highest BCUT2D eigenvalue weighted by Gasteiger charge is 2.22. The van der Waals surface area contributed by atoms with Gasteiger partial charge in [-0.15, -0.1) is 0 Å². The highest BCUT2D eigenvalue weighted by atomic mass is 16.5. The zero-order chi connectivity index (χ0) is 17.4. The second-order valence-electron chi connectivity index (χ2n) is 6.78. The first-order chi connectivity index (χ1) is 12.1. The van der Waals surface area contributed by atoms with Crippen LogP contribution in [0.5, 0.6) is 0 Å². The highest BCUT2D eigenvalue weighted by molar-refractivity contribution is 5.84. The Balaban J connectivity index is 1.55. The normalized spacial score (nSPS) is 16.8. The van der Waals surface area contributed by atoms with Crippen molar-refractivity contribution in [2.45, 2.75) is 45.9 Å². The maximum absolute atomic E-state index is 5.13.